The van der Waals surface area contributed by atoms with Crippen LogP contribution in [0.3, 0.4) is 0 Å². The van der Waals surface area contributed by atoms with Crippen LogP contribution in [-0.2, 0) is 26.5 Å². The van der Waals surface area contributed by atoms with Gasteiger partial charge in [0.15, 0.2) is 5.78 Å². The van der Waals surface area contributed by atoms with Crippen LogP contribution in [0.4, 0.5) is 0 Å². The van der Waals surface area contributed by atoms with Crippen LogP contribution in [0.2, 0.25) is 0 Å². The first kappa shape index (κ1) is 24.3. The molecule has 2 amide bonds. The second-order valence-electron chi connectivity index (χ2n) is 7.24. The molecule has 172 valence electrons. The maximum absolute atomic E-state index is 13.0. The standard InChI is InChI=1S/C25H26N2O5S/c1-31-25(27-23(29)19-11-6-3-7-12-19)24(30)26-21(15-18-9-4-2-5-10-18)22(28)17-33-16-20-13-8-14-32-20/h2-14,21,25H,15-17H2,1H3,(H,26,30)(H,27,29)/t21-,25?/m0/s1. The van der Waals surface area contributed by atoms with Gasteiger partial charge in [-0.15, -0.1) is 11.8 Å². The molecule has 1 unspecified atom stereocenters. The van der Waals surface area contributed by atoms with E-state index < -0.39 is 24.1 Å². The number of hydrogen-bond donors (Lipinski definition) is 2. The first-order chi connectivity index (χ1) is 16.1. The Kier molecular flexibility index (Phi) is 9.29. The fraction of sp³-hybridized carbons (Fsp3) is 0.240. The summed E-state index contributed by atoms with van der Waals surface area (Å²) in [6, 6.07) is 20.8. The lowest BCUT2D eigenvalue weighted by atomic mass is 10.0. The zero-order valence-corrected chi connectivity index (χ0v) is 19.0. The number of thioether (sulfide) groups is 1. The van der Waals surface area contributed by atoms with Crippen molar-refractivity contribution in [3.63, 3.8) is 0 Å². The third-order valence-electron chi connectivity index (χ3n) is 4.83. The van der Waals surface area contributed by atoms with Crippen molar-refractivity contribution in [2.45, 2.75) is 24.4 Å². The summed E-state index contributed by atoms with van der Waals surface area (Å²) in [5.74, 6) is 0.364. The van der Waals surface area contributed by atoms with E-state index in [0.717, 1.165) is 11.3 Å². The number of carbonyl (C=O) groups excluding carboxylic acids is 3. The molecule has 2 atom stereocenters. The van der Waals surface area contributed by atoms with E-state index in [2.05, 4.69) is 10.6 Å². The second-order valence-corrected chi connectivity index (χ2v) is 8.23. The molecule has 0 aliphatic rings. The molecule has 7 nitrogen and oxygen atoms in total. The molecule has 0 aliphatic heterocycles. The number of hydrogen-bond acceptors (Lipinski definition) is 6. The van der Waals surface area contributed by atoms with Gasteiger partial charge in [-0.1, -0.05) is 48.5 Å². The maximum atomic E-state index is 13.0. The highest BCUT2D eigenvalue weighted by Crippen LogP contribution is 2.14. The van der Waals surface area contributed by atoms with Gasteiger partial charge < -0.3 is 19.8 Å². The van der Waals surface area contributed by atoms with Crippen LogP contribution in [-0.4, -0.2) is 42.7 Å². The zero-order valence-electron chi connectivity index (χ0n) is 18.2. The van der Waals surface area contributed by atoms with Crippen LogP contribution in [0.15, 0.2) is 83.5 Å². The topological polar surface area (TPSA) is 97.6 Å². The Labute approximate surface area is 196 Å². The van der Waals surface area contributed by atoms with Crippen LogP contribution in [0.5, 0.6) is 0 Å². The van der Waals surface area contributed by atoms with Gasteiger partial charge in [0.2, 0.25) is 6.23 Å². The Morgan fingerprint density at radius 1 is 0.939 bits per heavy atom. The van der Waals surface area contributed by atoms with Crippen molar-refractivity contribution in [3.05, 3.63) is 95.9 Å². The van der Waals surface area contributed by atoms with Crippen molar-refractivity contribution >= 4 is 29.4 Å². The number of rotatable bonds is 12. The Morgan fingerprint density at radius 2 is 1.64 bits per heavy atom. The van der Waals surface area contributed by atoms with Crippen LogP contribution < -0.4 is 10.6 Å². The van der Waals surface area contributed by atoms with E-state index in [9.17, 15) is 14.4 Å². The smallest absolute Gasteiger partial charge is 0.270 e. The predicted molar refractivity (Wildman–Crippen MR) is 127 cm³/mol. The van der Waals surface area contributed by atoms with Crippen molar-refractivity contribution in [1.29, 1.82) is 0 Å². The summed E-state index contributed by atoms with van der Waals surface area (Å²) in [7, 11) is 1.32. The van der Waals surface area contributed by atoms with Crippen LogP contribution in [0.1, 0.15) is 21.7 Å². The molecule has 0 saturated heterocycles. The van der Waals surface area contributed by atoms with Crippen LogP contribution >= 0.6 is 11.8 Å². The van der Waals surface area contributed by atoms with Crippen molar-refractivity contribution in [2.24, 2.45) is 0 Å². The SMILES string of the molecule is COC(NC(=O)c1ccccc1)C(=O)N[C@@H](Cc1ccccc1)C(=O)CSCc1ccco1. The first-order valence-electron chi connectivity index (χ1n) is 10.4. The van der Waals surface area contributed by atoms with Gasteiger partial charge >= 0.3 is 0 Å². The fourth-order valence-corrected chi connectivity index (χ4v) is 3.98. The largest absolute Gasteiger partial charge is 0.468 e. The zero-order chi connectivity index (χ0) is 23.5. The Balaban J connectivity index is 1.64. The highest BCUT2D eigenvalue weighted by Gasteiger charge is 2.27. The lowest BCUT2D eigenvalue weighted by Crippen LogP contribution is -2.53. The van der Waals surface area contributed by atoms with Gasteiger partial charge in [0.25, 0.3) is 11.8 Å². The van der Waals surface area contributed by atoms with E-state index in [0.29, 0.717) is 17.7 Å². The minimum Gasteiger partial charge on any atom is -0.468 e. The molecule has 0 bridgehead atoms. The predicted octanol–water partition coefficient (Wildman–Crippen LogP) is 3.21. The molecule has 8 heteroatoms. The fourth-order valence-electron chi connectivity index (χ4n) is 3.11. The summed E-state index contributed by atoms with van der Waals surface area (Å²) in [5, 5.41) is 5.30. The van der Waals surface area contributed by atoms with Crippen molar-refractivity contribution in [2.75, 3.05) is 12.9 Å². The molecule has 2 N–H and O–H groups in total. The number of benzene rings is 2. The molecule has 1 heterocycles. The third kappa shape index (κ3) is 7.62. The summed E-state index contributed by atoms with van der Waals surface area (Å²) in [4.78, 5) is 38.3. The molecule has 3 aromatic rings. The van der Waals surface area contributed by atoms with E-state index >= 15 is 0 Å². The Morgan fingerprint density at radius 3 is 2.27 bits per heavy atom. The molecular formula is C25H26N2O5S. The summed E-state index contributed by atoms with van der Waals surface area (Å²) >= 11 is 1.41. The molecule has 3 rings (SSSR count). The second kappa shape index (κ2) is 12.6. The minimum absolute atomic E-state index is 0.131. The minimum atomic E-state index is -1.24. The molecule has 1 aromatic heterocycles. The summed E-state index contributed by atoms with van der Waals surface area (Å²) in [5.41, 5.74) is 1.31. The lowest BCUT2D eigenvalue weighted by molar-refractivity contribution is -0.135. The van der Waals surface area contributed by atoms with Crippen LogP contribution in [0, 0.1) is 0 Å². The van der Waals surface area contributed by atoms with E-state index in [1.54, 1.807) is 42.7 Å². The highest BCUT2D eigenvalue weighted by atomic mass is 32.2. The van der Waals surface area contributed by atoms with Gasteiger partial charge in [0.1, 0.15) is 5.76 Å². The van der Waals surface area contributed by atoms with Gasteiger partial charge in [0.05, 0.1) is 23.8 Å². The van der Waals surface area contributed by atoms with Crippen LogP contribution in [0.25, 0.3) is 0 Å². The summed E-state index contributed by atoms with van der Waals surface area (Å²) < 4.78 is 10.5. The van der Waals surface area contributed by atoms with E-state index in [1.165, 1.54) is 18.9 Å². The molecular weight excluding hydrogens is 440 g/mol. The van der Waals surface area contributed by atoms with Gasteiger partial charge in [-0.2, -0.15) is 0 Å². The number of nitrogens with one attached hydrogen (secondary N) is 2. The summed E-state index contributed by atoms with van der Waals surface area (Å²) in [6.45, 7) is 0. The average Bonchev–Trinajstić information content (AvgIpc) is 3.36. The Bertz CT molecular complexity index is 1030. The molecule has 0 spiro atoms. The van der Waals surface area contributed by atoms with E-state index in [1.807, 2.05) is 36.4 Å². The van der Waals surface area contributed by atoms with Gasteiger partial charge in [-0.25, -0.2) is 0 Å². The van der Waals surface area contributed by atoms with E-state index in [-0.39, 0.29) is 11.5 Å². The maximum Gasteiger partial charge on any atom is 0.270 e. The number of amides is 2. The molecule has 0 fully saturated rings. The number of methoxy groups -OCH3 is 1. The van der Waals surface area contributed by atoms with E-state index in [4.69, 9.17) is 9.15 Å². The quantitative estimate of drug-likeness (QED) is 0.398. The highest BCUT2D eigenvalue weighted by molar-refractivity contribution is 7.99. The number of furan rings is 1. The van der Waals surface area contributed by atoms with Gasteiger partial charge in [-0.3, -0.25) is 14.4 Å². The van der Waals surface area contributed by atoms with Crippen molar-refractivity contribution in [1.82, 2.24) is 10.6 Å². The van der Waals surface area contributed by atoms with Gasteiger partial charge in [0, 0.05) is 12.7 Å². The average molecular weight is 467 g/mol. The molecule has 0 aliphatic carbocycles. The number of Topliss-reactive ketones (excluding diaryl/α,β-unsaturated/α-hetero) is 1. The lowest BCUT2D eigenvalue weighted by Gasteiger charge is -2.22. The normalized spacial score (nSPS) is 12.5. The first-order valence-corrected chi connectivity index (χ1v) is 11.6. The van der Waals surface area contributed by atoms with Crippen molar-refractivity contribution in [3.8, 4) is 0 Å². The molecule has 33 heavy (non-hydrogen) atoms. The molecule has 0 radical (unpaired) electrons. The Hall–Kier alpha value is -3.36. The van der Waals surface area contributed by atoms with Crippen molar-refractivity contribution < 1.29 is 23.5 Å². The molecule has 0 saturated carbocycles. The third-order valence-corrected chi connectivity index (χ3v) is 5.81. The number of ether oxygens (including phenoxy) is 1. The number of carbonyl (C=O) groups is 3. The number of ketones is 1. The summed E-state index contributed by atoms with van der Waals surface area (Å²) in [6.07, 6.45) is 0.681. The monoisotopic (exact) mass is 466 g/mol. The van der Waals surface area contributed by atoms with Gasteiger partial charge in [-0.05, 0) is 36.2 Å². The molecule has 2 aromatic carbocycles.